The average Bonchev–Trinajstić information content (AvgIpc) is 3.02. The monoisotopic (exact) mass is 349 g/mol. The van der Waals surface area contributed by atoms with Crippen LogP contribution in [0.15, 0.2) is 30.9 Å². The predicted molar refractivity (Wildman–Crippen MR) is 89.6 cm³/mol. The first-order valence-corrected chi connectivity index (χ1v) is 7.60. The maximum atomic E-state index is 14.0. The second kappa shape index (κ2) is 7.29. The normalized spacial score (nSPS) is 12.4. The molecule has 134 valence electrons. The Kier molecular flexibility index (Phi) is 5.35. The summed E-state index contributed by atoms with van der Waals surface area (Å²) < 4.78 is 20.4. The topological polar surface area (TPSA) is 98.1 Å². The molecule has 0 fully saturated rings. The first-order valence-electron chi connectivity index (χ1n) is 7.60. The van der Waals surface area contributed by atoms with E-state index >= 15 is 0 Å². The average molecular weight is 349 g/mol. The number of benzene rings is 1. The zero-order valence-electron chi connectivity index (χ0n) is 14.4. The molecule has 1 aromatic carbocycles. The Morgan fingerprint density at radius 1 is 1.28 bits per heavy atom. The van der Waals surface area contributed by atoms with Crippen LogP contribution in [0.4, 0.5) is 20.6 Å². The van der Waals surface area contributed by atoms with Crippen molar-refractivity contribution in [3.05, 3.63) is 36.7 Å². The molecule has 1 atom stereocenters. The molecule has 2 N–H and O–H groups in total. The summed E-state index contributed by atoms with van der Waals surface area (Å²) in [6.45, 7) is 6.79. The summed E-state index contributed by atoms with van der Waals surface area (Å²) in [5.41, 5.74) is -0.432. The van der Waals surface area contributed by atoms with Crippen LogP contribution in [0.25, 0.3) is 0 Å². The number of carbonyl (C=O) groups is 2. The molecule has 8 nitrogen and oxygen atoms in total. The molecule has 0 saturated carbocycles. The highest BCUT2D eigenvalue weighted by Gasteiger charge is 2.19. The van der Waals surface area contributed by atoms with Crippen molar-refractivity contribution >= 4 is 23.4 Å². The molecule has 2 rings (SSSR count). The van der Waals surface area contributed by atoms with Crippen molar-refractivity contribution in [2.75, 3.05) is 10.6 Å². The Balaban J connectivity index is 2.08. The van der Waals surface area contributed by atoms with Gasteiger partial charge in [0.05, 0.1) is 5.69 Å². The molecule has 0 radical (unpaired) electrons. The molecular formula is C16H20FN5O3. The van der Waals surface area contributed by atoms with Gasteiger partial charge in [0.2, 0.25) is 5.91 Å². The Hall–Kier alpha value is -2.97. The SMILES string of the molecule is C[C@H](C(=O)Nc1cc(NC(=O)OC(C)(C)C)ccc1F)n1cncn1. The van der Waals surface area contributed by atoms with Gasteiger partial charge in [-0.15, -0.1) is 0 Å². The van der Waals surface area contributed by atoms with Crippen LogP contribution in [0.3, 0.4) is 0 Å². The standard InChI is InChI=1S/C16H20FN5O3/c1-10(22-9-18-8-19-22)14(23)21-13-7-11(5-6-12(13)17)20-15(24)25-16(2,3)4/h5-10H,1-4H3,(H,20,24)(H,21,23)/t10-/m1/s1. The number of ether oxygens (including phenoxy) is 1. The molecule has 25 heavy (non-hydrogen) atoms. The van der Waals surface area contributed by atoms with E-state index in [0.717, 1.165) is 6.07 Å². The predicted octanol–water partition coefficient (Wildman–Crippen LogP) is 2.96. The number of nitrogens with one attached hydrogen (secondary N) is 2. The molecule has 0 unspecified atom stereocenters. The van der Waals surface area contributed by atoms with Gasteiger partial charge in [-0.1, -0.05) is 0 Å². The fraction of sp³-hybridized carbons (Fsp3) is 0.375. The van der Waals surface area contributed by atoms with Crippen molar-refractivity contribution < 1.29 is 18.7 Å². The van der Waals surface area contributed by atoms with E-state index in [1.165, 1.54) is 29.5 Å². The Morgan fingerprint density at radius 3 is 2.60 bits per heavy atom. The molecule has 0 bridgehead atoms. The summed E-state index contributed by atoms with van der Waals surface area (Å²) in [6.07, 6.45) is 2.02. The first-order chi connectivity index (χ1) is 11.7. The lowest BCUT2D eigenvalue weighted by Crippen LogP contribution is -2.27. The lowest BCUT2D eigenvalue weighted by Gasteiger charge is -2.20. The van der Waals surface area contributed by atoms with Gasteiger partial charge in [0, 0.05) is 5.69 Å². The fourth-order valence-electron chi connectivity index (χ4n) is 1.89. The van der Waals surface area contributed by atoms with E-state index in [1.807, 2.05) is 0 Å². The largest absolute Gasteiger partial charge is 0.444 e. The van der Waals surface area contributed by atoms with Crippen molar-refractivity contribution in [2.45, 2.75) is 39.3 Å². The van der Waals surface area contributed by atoms with Crippen LogP contribution in [0.1, 0.15) is 33.7 Å². The lowest BCUT2D eigenvalue weighted by molar-refractivity contribution is -0.119. The Morgan fingerprint density at radius 2 is 2.00 bits per heavy atom. The van der Waals surface area contributed by atoms with Gasteiger partial charge in [-0.05, 0) is 45.9 Å². The number of hydrogen-bond acceptors (Lipinski definition) is 5. The minimum Gasteiger partial charge on any atom is -0.444 e. The summed E-state index contributed by atoms with van der Waals surface area (Å²) in [5.74, 6) is -1.10. The summed E-state index contributed by atoms with van der Waals surface area (Å²) in [6, 6.07) is 3.15. The van der Waals surface area contributed by atoms with Gasteiger partial charge in [-0.3, -0.25) is 10.1 Å². The van der Waals surface area contributed by atoms with Crippen LogP contribution in [0.2, 0.25) is 0 Å². The smallest absolute Gasteiger partial charge is 0.412 e. The van der Waals surface area contributed by atoms with Gasteiger partial charge in [-0.2, -0.15) is 5.10 Å². The molecule has 2 amide bonds. The third-order valence-corrected chi connectivity index (χ3v) is 3.08. The number of halogens is 1. The van der Waals surface area contributed by atoms with Gasteiger partial charge in [0.1, 0.15) is 30.1 Å². The number of carbonyl (C=O) groups excluding carboxylic acids is 2. The van der Waals surface area contributed by atoms with Crippen LogP contribution in [-0.2, 0) is 9.53 Å². The number of aromatic nitrogens is 3. The van der Waals surface area contributed by atoms with E-state index in [4.69, 9.17) is 4.74 Å². The molecule has 0 aliphatic rings. The number of anilines is 2. The molecule has 0 spiro atoms. The highest BCUT2D eigenvalue weighted by molar-refractivity contribution is 5.94. The van der Waals surface area contributed by atoms with Crippen molar-refractivity contribution in [3.8, 4) is 0 Å². The quantitative estimate of drug-likeness (QED) is 0.884. The Bertz CT molecular complexity index is 756. The van der Waals surface area contributed by atoms with Gasteiger partial charge < -0.3 is 10.1 Å². The van der Waals surface area contributed by atoms with Crippen LogP contribution >= 0.6 is 0 Å². The highest BCUT2D eigenvalue weighted by atomic mass is 19.1. The molecule has 9 heteroatoms. The number of amides is 2. The van der Waals surface area contributed by atoms with E-state index < -0.39 is 29.5 Å². The Labute approximate surface area is 144 Å². The van der Waals surface area contributed by atoms with Gasteiger partial charge in [-0.25, -0.2) is 18.9 Å². The lowest BCUT2D eigenvalue weighted by atomic mass is 10.2. The zero-order chi connectivity index (χ0) is 18.6. The summed E-state index contributed by atoms with van der Waals surface area (Å²) in [5, 5.41) is 8.82. The summed E-state index contributed by atoms with van der Waals surface area (Å²) in [7, 11) is 0. The van der Waals surface area contributed by atoms with Gasteiger partial charge in [0.25, 0.3) is 0 Å². The van der Waals surface area contributed by atoms with Crippen molar-refractivity contribution in [1.29, 1.82) is 0 Å². The maximum Gasteiger partial charge on any atom is 0.412 e. The van der Waals surface area contributed by atoms with Crippen molar-refractivity contribution in [1.82, 2.24) is 14.8 Å². The van der Waals surface area contributed by atoms with E-state index in [-0.39, 0.29) is 5.69 Å². The summed E-state index contributed by atoms with van der Waals surface area (Å²) in [4.78, 5) is 27.7. The maximum absolute atomic E-state index is 14.0. The first kappa shape index (κ1) is 18.4. The summed E-state index contributed by atoms with van der Waals surface area (Å²) >= 11 is 0. The third-order valence-electron chi connectivity index (χ3n) is 3.08. The van der Waals surface area contributed by atoms with Gasteiger partial charge >= 0.3 is 6.09 Å². The van der Waals surface area contributed by atoms with E-state index in [9.17, 15) is 14.0 Å². The fourth-order valence-corrected chi connectivity index (χ4v) is 1.89. The zero-order valence-corrected chi connectivity index (χ0v) is 14.4. The van der Waals surface area contributed by atoms with Crippen molar-refractivity contribution in [2.24, 2.45) is 0 Å². The van der Waals surface area contributed by atoms with Crippen LogP contribution in [0.5, 0.6) is 0 Å². The highest BCUT2D eigenvalue weighted by Crippen LogP contribution is 2.21. The molecule has 0 aliphatic carbocycles. The van der Waals surface area contributed by atoms with Crippen LogP contribution in [0, 0.1) is 5.82 Å². The minimum atomic E-state index is -0.677. The van der Waals surface area contributed by atoms with Crippen molar-refractivity contribution in [3.63, 3.8) is 0 Å². The number of hydrogen-bond donors (Lipinski definition) is 2. The second-order valence-electron chi connectivity index (χ2n) is 6.36. The molecule has 1 heterocycles. The van der Waals surface area contributed by atoms with Crippen LogP contribution < -0.4 is 10.6 Å². The second-order valence-corrected chi connectivity index (χ2v) is 6.36. The third kappa shape index (κ3) is 5.27. The molecule has 0 aliphatic heterocycles. The number of nitrogens with zero attached hydrogens (tertiary/aromatic N) is 3. The van der Waals surface area contributed by atoms with E-state index in [2.05, 4.69) is 20.7 Å². The number of rotatable bonds is 4. The molecule has 1 aromatic heterocycles. The molecule has 2 aromatic rings. The van der Waals surface area contributed by atoms with E-state index in [0.29, 0.717) is 5.69 Å². The van der Waals surface area contributed by atoms with Crippen LogP contribution in [-0.4, -0.2) is 32.4 Å². The van der Waals surface area contributed by atoms with Gasteiger partial charge in [0.15, 0.2) is 0 Å². The minimum absolute atomic E-state index is 0.0643. The molecular weight excluding hydrogens is 329 g/mol. The molecule has 0 saturated heterocycles. The van der Waals surface area contributed by atoms with E-state index in [1.54, 1.807) is 27.7 Å².